The van der Waals surface area contributed by atoms with Crippen molar-refractivity contribution in [1.82, 2.24) is 9.36 Å². The van der Waals surface area contributed by atoms with Gasteiger partial charge in [0.25, 0.3) is 0 Å². The van der Waals surface area contributed by atoms with Gasteiger partial charge in [0.15, 0.2) is 0 Å². The molecule has 0 aromatic carbocycles. The number of rotatable bonds is 2. The van der Waals surface area contributed by atoms with Crippen LogP contribution < -0.4 is 5.32 Å². The number of aliphatic hydroxyl groups excluding tert-OH is 1. The summed E-state index contributed by atoms with van der Waals surface area (Å²) in [6.45, 7) is 0. The first kappa shape index (κ1) is 7.94. The summed E-state index contributed by atoms with van der Waals surface area (Å²) in [5.74, 6) is 0. The van der Waals surface area contributed by atoms with Crippen molar-refractivity contribution in [2.75, 3.05) is 5.32 Å². The third-order valence-corrected chi connectivity index (χ3v) is 2.75. The van der Waals surface area contributed by atoms with E-state index in [0.29, 0.717) is 0 Å². The number of aliphatic hydroxyl groups is 1. The maximum atomic E-state index is 9.48. The molecule has 0 saturated heterocycles. The first-order valence-corrected chi connectivity index (χ1v) is 4.85. The molecule has 0 bridgehead atoms. The second kappa shape index (κ2) is 3.37. The zero-order valence-electron chi connectivity index (χ0n) is 6.60. The lowest BCUT2D eigenvalue weighted by molar-refractivity contribution is 0.172. The second-order valence-corrected chi connectivity index (χ2v) is 3.78. The predicted molar refractivity (Wildman–Crippen MR) is 47.2 cm³/mol. The summed E-state index contributed by atoms with van der Waals surface area (Å²) in [5, 5.41) is 13.5. The topological polar surface area (TPSA) is 58.0 Å². The van der Waals surface area contributed by atoms with Crippen molar-refractivity contribution in [2.24, 2.45) is 0 Å². The Morgan fingerprint density at radius 1 is 1.58 bits per heavy atom. The van der Waals surface area contributed by atoms with Gasteiger partial charge in [-0.15, -0.1) is 0 Å². The Kier molecular flexibility index (Phi) is 2.23. The Bertz CT molecular complexity index is 239. The van der Waals surface area contributed by atoms with Crippen LogP contribution in [-0.2, 0) is 0 Å². The lowest BCUT2D eigenvalue weighted by atomic mass is 10.2. The molecule has 0 spiro atoms. The fourth-order valence-corrected chi connectivity index (χ4v) is 2.00. The fraction of sp³-hybridized carbons (Fsp3) is 0.714. The minimum atomic E-state index is -0.214. The second-order valence-electron chi connectivity index (χ2n) is 3.00. The lowest BCUT2D eigenvalue weighted by Gasteiger charge is -2.14. The van der Waals surface area contributed by atoms with Gasteiger partial charge in [0.1, 0.15) is 6.33 Å². The Balaban J connectivity index is 1.95. The summed E-state index contributed by atoms with van der Waals surface area (Å²) < 4.78 is 3.88. The molecule has 1 heterocycles. The molecule has 0 amide bonds. The molecule has 1 saturated carbocycles. The minimum absolute atomic E-state index is 0.179. The van der Waals surface area contributed by atoms with Crippen molar-refractivity contribution < 1.29 is 5.11 Å². The van der Waals surface area contributed by atoms with Crippen LogP contribution >= 0.6 is 11.5 Å². The largest absolute Gasteiger partial charge is 0.391 e. The third-order valence-electron chi connectivity index (χ3n) is 2.15. The van der Waals surface area contributed by atoms with Crippen LogP contribution in [-0.4, -0.2) is 26.6 Å². The highest BCUT2D eigenvalue weighted by molar-refractivity contribution is 7.09. The number of nitrogens with zero attached hydrogens (tertiary/aromatic N) is 2. The molecule has 1 aromatic rings. The summed E-state index contributed by atoms with van der Waals surface area (Å²) in [4.78, 5) is 4.00. The number of hydrogen-bond acceptors (Lipinski definition) is 5. The van der Waals surface area contributed by atoms with Gasteiger partial charge in [-0.3, -0.25) is 0 Å². The van der Waals surface area contributed by atoms with Crippen LogP contribution in [0.5, 0.6) is 0 Å². The number of hydrogen-bond donors (Lipinski definition) is 2. The zero-order valence-corrected chi connectivity index (χ0v) is 7.42. The van der Waals surface area contributed by atoms with Gasteiger partial charge in [-0.05, 0) is 19.3 Å². The van der Waals surface area contributed by atoms with Gasteiger partial charge in [-0.1, -0.05) is 0 Å². The van der Waals surface area contributed by atoms with Gasteiger partial charge in [0, 0.05) is 11.5 Å². The highest BCUT2D eigenvalue weighted by atomic mass is 32.1. The van der Waals surface area contributed by atoms with Crippen LogP contribution in [0.2, 0.25) is 0 Å². The van der Waals surface area contributed by atoms with E-state index in [4.69, 9.17) is 0 Å². The van der Waals surface area contributed by atoms with Gasteiger partial charge in [-0.25, -0.2) is 4.98 Å². The Hall–Kier alpha value is -0.680. The van der Waals surface area contributed by atoms with Crippen molar-refractivity contribution in [3.05, 3.63) is 6.33 Å². The van der Waals surface area contributed by atoms with E-state index in [2.05, 4.69) is 14.7 Å². The van der Waals surface area contributed by atoms with E-state index < -0.39 is 0 Å². The highest BCUT2D eigenvalue weighted by Crippen LogP contribution is 2.22. The summed E-state index contributed by atoms with van der Waals surface area (Å²) in [5.41, 5.74) is 0. The first-order chi connectivity index (χ1) is 5.86. The van der Waals surface area contributed by atoms with Crippen molar-refractivity contribution in [2.45, 2.75) is 31.4 Å². The molecular formula is C7H11N3OS. The van der Waals surface area contributed by atoms with Crippen molar-refractivity contribution >= 4 is 16.7 Å². The summed E-state index contributed by atoms with van der Waals surface area (Å²) >= 11 is 1.33. The van der Waals surface area contributed by atoms with Gasteiger partial charge >= 0.3 is 0 Å². The molecule has 1 fully saturated rings. The van der Waals surface area contributed by atoms with Crippen LogP contribution in [0.4, 0.5) is 5.13 Å². The molecule has 0 aliphatic heterocycles. The molecular weight excluding hydrogens is 174 g/mol. The van der Waals surface area contributed by atoms with Crippen molar-refractivity contribution in [3.8, 4) is 0 Å². The quantitative estimate of drug-likeness (QED) is 0.717. The fourth-order valence-electron chi connectivity index (χ4n) is 1.50. The van der Waals surface area contributed by atoms with E-state index in [-0.39, 0.29) is 12.1 Å². The predicted octanol–water partition coefficient (Wildman–Crippen LogP) is 0.863. The summed E-state index contributed by atoms with van der Waals surface area (Å²) in [6, 6.07) is 0.179. The van der Waals surface area contributed by atoms with Crippen LogP contribution in [0.3, 0.4) is 0 Å². The summed E-state index contributed by atoms with van der Waals surface area (Å²) in [7, 11) is 0. The van der Waals surface area contributed by atoms with Gasteiger partial charge in [0.05, 0.1) is 12.1 Å². The molecule has 1 aromatic heterocycles. The van der Waals surface area contributed by atoms with Crippen molar-refractivity contribution in [1.29, 1.82) is 0 Å². The number of aromatic nitrogens is 2. The van der Waals surface area contributed by atoms with Crippen LogP contribution in [0.15, 0.2) is 6.33 Å². The SMILES string of the molecule is OC1CCCC1Nc1ncns1. The van der Waals surface area contributed by atoms with E-state index in [1.165, 1.54) is 17.9 Å². The summed E-state index contributed by atoms with van der Waals surface area (Å²) in [6.07, 6.45) is 4.33. The molecule has 5 heteroatoms. The van der Waals surface area contributed by atoms with Crippen LogP contribution in [0.1, 0.15) is 19.3 Å². The number of anilines is 1. The lowest BCUT2D eigenvalue weighted by Crippen LogP contribution is -2.27. The average molecular weight is 185 g/mol. The molecule has 2 rings (SSSR count). The molecule has 4 nitrogen and oxygen atoms in total. The van der Waals surface area contributed by atoms with E-state index >= 15 is 0 Å². The van der Waals surface area contributed by atoms with E-state index in [1.807, 2.05) is 0 Å². The minimum Gasteiger partial charge on any atom is -0.391 e. The van der Waals surface area contributed by atoms with E-state index in [9.17, 15) is 5.11 Å². The first-order valence-electron chi connectivity index (χ1n) is 4.07. The maximum absolute atomic E-state index is 9.48. The van der Waals surface area contributed by atoms with E-state index in [1.54, 1.807) is 0 Å². The van der Waals surface area contributed by atoms with Gasteiger partial charge < -0.3 is 10.4 Å². The normalized spacial score (nSPS) is 29.1. The van der Waals surface area contributed by atoms with Gasteiger partial charge in [0.2, 0.25) is 5.13 Å². The molecule has 1 aliphatic carbocycles. The Morgan fingerprint density at radius 2 is 2.50 bits per heavy atom. The molecule has 2 unspecified atom stereocenters. The molecule has 1 aliphatic rings. The zero-order chi connectivity index (χ0) is 8.39. The Morgan fingerprint density at radius 3 is 3.08 bits per heavy atom. The van der Waals surface area contributed by atoms with Gasteiger partial charge in [-0.2, -0.15) is 4.37 Å². The molecule has 66 valence electrons. The standard InChI is InChI=1S/C7H11N3OS/c11-6-3-1-2-5(6)10-7-8-4-9-12-7/h4-6,11H,1-3H2,(H,8,9,10). The number of nitrogens with one attached hydrogen (secondary N) is 1. The molecule has 12 heavy (non-hydrogen) atoms. The molecule has 2 atom stereocenters. The Labute approximate surface area is 74.8 Å². The van der Waals surface area contributed by atoms with Crippen LogP contribution in [0.25, 0.3) is 0 Å². The smallest absolute Gasteiger partial charge is 0.202 e. The molecule has 2 N–H and O–H groups in total. The van der Waals surface area contributed by atoms with Crippen molar-refractivity contribution in [3.63, 3.8) is 0 Å². The van der Waals surface area contributed by atoms with E-state index in [0.717, 1.165) is 24.4 Å². The van der Waals surface area contributed by atoms with Crippen LogP contribution in [0, 0.1) is 0 Å². The maximum Gasteiger partial charge on any atom is 0.202 e. The third kappa shape index (κ3) is 1.56. The average Bonchev–Trinajstić information content (AvgIpc) is 2.65. The highest BCUT2D eigenvalue weighted by Gasteiger charge is 2.25. The molecule has 0 radical (unpaired) electrons. The monoisotopic (exact) mass is 185 g/mol.